The van der Waals surface area contributed by atoms with Crippen molar-refractivity contribution in [2.45, 2.75) is 12.8 Å². The monoisotopic (exact) mass is 304 g/mol. The van der Waals surface area contributed by atoms with Gasteiger partial charge in [-0.1, -0.05) is 46.9 Å². The maximum Gasteiger partial charge on any atom is 0.309 e. The van der Waals surface area contributed by atoms with Crippen LogP contribution in [-0.2, 0) is 22.4 Å². The van der Waals surface area contributed by atoms with Crippen LogP contribution in [-0.4, -0.2) is 17.5 Å². The number of ether oxygens (including phenoxy) is 1. The molecule has 0 aliphatic carbocycles. The van der Waals surface area contributed by atoms with Crippen LogP contribution in [0.1, 0.15) is 11.1 Å². The van der Waals surface area contributed by atoms with Crippen molar-refractivity contribution in [3.8, 4) is 0 Å². The van der Waals surface area contributed by atoms with E-state index < -0.39 is 0 Å². The number of alkyl halides is 1. The molecule has 0 aliphatic rings. The first-order valence-electron chi connectivity index (χ1n) is 4.47. The molecule has 76 valence electrons. The number of esters is 1. The van der Waals surface area contributed by atoms with Crippen molar-refractivity contribution < 1.29 is 9.53 Å². The van der Waals surface area contributed by atoms with Crippen molar-refractivity contribution in [3.63, 3.8) is 0 Å². The fraction of sp³-hybridized carbons (Fsp3) is 0.364. The van der Waals surface area contributed by atoms with Crippen LogP contribution in [0.25, 0.3) is 0 Å². The second-order valence-corrected chi connectivity index (χ2v) is 4.09. The van der Waals surface area contributed by atoms with Gasteiger partial charge in [0, 0.05) is 4.43 Å². The number of aryl methyl sites for hydroxylation is 1. The summed E-state index contributed by atoms with van der Waals surface area (Å²) in [5, 5.41) is 0. The van der Waals surface area contributed by atoms with Crippen LogP contribution < -0.4 is 0 Å². The Balaban J connectivity index is 2.59. The van der Waals surface area contributed by atoms with Gasteiger partial charge in [0.1, 0.15) is 0 Å². The Morgan fingerprint density at radius 2 is 1.86 bits per heavy atom. The second kappa shape index (κ2) is 6.01. The minimum atomic E-state index is -0.188. The molecule has 0 fully saturated rings. The molecule has 0 amide bonds. The molecule has 1 aromatic carbocycles. The standard InChI is InChI=1S/C11H13IO2/c1-14-11(13)8-10-4-2-9(3-5-10)6-7-12/h2-5H,6-8H2,1H3. The van der Waals surface area contributed by atoms with Gasteiger partial charge in [-0.05, 0) is 17.5 Å². The Morgan fingerprint density at radius 3 is 2.36 bits per heavy atom. The Kier molecular flexibility index (Phi) is 4.93. The predicted molar refractivity (Wildman–Crippen MR) is 64.8 cm³/mol. The number of methoxy groups -OCH3 is 1. The van der Waals surface area contributed by atoms with Gasteiger partial charge < -0.3 is 4.74 Å². The molecule has 0 spiro atoms. The van der Waals surface area contributed by atoms with Crippen molar-refractivity contribution in [1.82, 2.24) is 0 Å². The lowest BCUT2D eigenvalue weighted by Crippen LogP contribution is -2.04. The summed E-state index contributed by atoms with van der Waals surface area (Å²) in [5.74, 6) is -0.188. The number of halogens is 1. The maximum absolute atomic E-state index is 11.0. The van der Waals surface area contributed by atoms with Crippen molar-refractivity contribution in [2.75, 3.05) is 11.5 Å². The first-order valence-corrected chi connectivity index (χ1v) is 5.99. The zero-order valence-electron chi connectivity index (χ0n) is 8.13. The van der Waals surface area contributed by atoms with E-state index in [9.17, 15) is 4.79 Å². The maximum atomic E-state index is 11.0. The third-order valence-corrected chi connectivity index (χ3v) is 2.52. The normalized spacial score (nSPS) is 9.86. The molecule has 0 heterocycles. The van der Waals surface area contributed by atoms with Gasteiger partial charge in [-0.15, -0.1) is 0 Å². The van der Waals surface area contributed by atoms with Crippen LogP contribution in [0.5, 0.6) is 0 Å². The summed E-state index contributed by atoms with van der Waals surface area (Å²) in [5.41, 5.74) is 2.32. The van der Waals surface area contributed by atoms with Crippen LogP contribution in [0.2, 0.25) is 0 Å². The molecule has 0 saturated carbocycles. The van der Waals surface area contributed by atoms with E-state index in [0.29, 0.717) is 6.42 Å². The molecule has 0 aliphatic heterocycles. The van der Waals surface area contributed by atoms with E-state index in [2.05, 4.69) is 39.5 Å². The van der Waals surface area contributed by atoms with Gasteiger partial charge in [0.05, 0.1) is 13.5 Å². The van der Waals surface area contributed by atoms with Crippen molar-refractivity contribution in [1.29, 1.82) is 0 Å². The molecule has 0 N–H and O–H groups in total. The fourth-order valence-corrected chi connectivity index (χ4v) is 1.79. The highest BCUT2D eigenvalue weighted by Crippen LogP contribution is 2.07. The SMILES string of the molecule is COC(=O)Cc1ccc(CCI)cc1. The Labute approximate surface area is 97.8 Å². The molecular formula is C11H13IO2. The molecule has 2 nitrogen and oxygen atoms in total. The fourth-order valence-electron chi connectivity index (χ4n) is 1.17. The molecule has 0 saturated heterocycles. The third kappa shape index (κ3) is 3.65. The van der Waals surface area contributed by atoms with E-state index in [0.717, 1.165) is 16.4 Å². The lowest BCUT2D eigenvalue weighted by Gasteiger charge is -2.01. The number of carbonyl (C=O) groups excluding carboxylic acids is 1. The van der Waals surface area contributed by atoms with Gasteiger partial charge in [0.15, 0.2) is 0 Å². The van der Waals surface area contributed by atoms with Gasteiger partial charge in [0.25, 0.3) is 0 Å². The molecule has 0 bridgehead atoms. The second-order valence-electron chi connectivity index (χ2n) is 3.01. The highest BCUT2D eigenvalue weighted by molar-refractivity contribution is 14.1. The molecule has 3 heteroatoms. The van der Waals surface area contributed by atoms with E-state index in [-0.39, 0.29) is 5.97 Å². The summed E-state index contributed by atoms with van der Waals surface area (Å²) in [6.07, 6.45) is 1.44. The molecule has 0 radical (unpaired) electrons. The van der Waals surface area contributed by atoms with Gasteiger partial charge in [0.2, 0.25) is 0 Å². The number of hydrogen-bond acceptors (Lipinski definition) is 2. The Morgan fingerprint density at radius 1 is 1.29 bits per heavy atom. The number of benzene rings is 1. The van der Waals surface area contributed by atoms with Crippen molar-refractivity contribution in [2.24, 2.45) is 0 Å². The Bertz CT molecular complexity index is 293. The van der Waals surface area contributed by atoms with Crippen LogP contribution in [0.4, 0.5) is 0 Å². The summed E-state index contributed by atoms with van der Waals surface area (Å²) >= 11 is 2.35. The molecule has 1 aromatic rings. The lowest BCUT2D eigenvalue weighted by molar-refractivity contribution is -0.139. The summed E-state index contributed by atoms with van der Waals surface area (Å²) in [4.78, 5) is 11.0. The zero-order chi connectivity index (χ0) is 10.4. The molecule has 0 atom stereocenters. The average Bonchev–Trinajstić information content (AvgIpc) is 2.21. The van der Waals surface area contributed by atoms with Crippen LogP contribution in [0, 0.1) is 0 Å². The van der Waals surface area contributed by atoms with Crippen LogP contribution >= 0.6 is 22.6 Å². The van der Waals surface area contributed by atoms with E-state index in [4.69, 9.17) is 0 Å². The van der Waals surface area contributed by atoms with E-state index in [1.165, 1.54) is 12.7 Å². The largest absolute Gasteiger partial charge is 0.469 e. The number of carbonyl (C=O) groups is 1. The Hall–Kier alpha value is -0.580. The summed E-state index contributed by atoms with van der Waals surface area (Å²) < 4.78 is 5.71. The molecule has 0 unspecified atom stereocenters. The topological polar surface area (TPSA) is 26.3 Å². The lowest BCUT2D eigenvalue weighted by atomic mass is 10.1. The molecule has 0 aromatic heterocycles. The highest BCUT2D eigenvalue weighted by atomic mass is 127. The first-order chi connectivity index (χ1) is 6.76. The quantitative estimate of drug-likeness (QED) is 0.485. The highest BCUT2D eigenvalue weighted by Gasteiger charge is 2.01. The van der Waals surface area contributed by atoms with Gasteiger partial charge in [-0.2, -0.15) is 0 Å². The third-order valence-electron chi connectivity index (χ3n) is 1.98. The summed E-state index contributed by atoms with van der Waals surface area (Å²) in [6, 6.07) is 8.10. The first kappa shape index (κ1) is 11.5. The van der Waals surface area contributed by atoms with Crippen LogP contribution in [0.15, 0.2) is 24.3 Å². The summed E-state index contributed by atoms with van der Waals surface area (Å²) in [6.45, 7) is 0. The molecular weight excluding hydrogens is 291 g/mol. The molecule has 14 heavy (non-hydrogen) atoms. The van der Waals surface area contributed by atoms with Crippen LogP contribution in [0.3, 0.4) is 0 Å². The number of hydrogen-bond donors (Lipinski definition) is 0. The zero-order valence-corrected chi connectivity index (χ0v) is 10.3. The van der Waals surface area contributed by atoms with E-state index >= 15 is 0 Å². The molecule has 1 rings (SSSR count). The average molecular weight is 304 g/mol. The van der Waals surface area contributed by atoms with Gasteiger partial charge in [-0.25, -0.2) is 0 Å². The van der Waals surface area contributed by atoms with E-state index in [1.807, 2.05) is 12.1 Å². The van der Waals surface area contributed by atoms with Crippen molar-refractivity contribution in [3.05, 3.63) is 35.4 Å². The smallest absolute Gasteiger partial charge is 0.309 e. The minimum Gasteiger partial charge on any atom is -0.469 e. The van der Waals surface area contributed by atoms with Crippen molar-refractivity contribution >= 4 is 28.6 Å². The van der Waals surface area contributed by atoms with Gasteiger partial charge >= 0.3 is 5.97 Å². The van der Waals surface area contributed by atoms with E-state index in [1.54, 1.807) is 0 Å². The number of rotatable bonds is 4. The van der Waals surface area contributed by atoms with Gasteiger partial charge in [-0.3, -0.25) is 4.79 Å². The minimum absolute atomic E-state index is 0.188. The summed E-state index contributed by atoms with van der Waals surface area (Å²) in [7, 11) is 1.41. The predicted octanol–water partition coefficient (Wildman–Crippen LogP) is 2.38.